The lowest BCUT2D eigenvalue weighted by Crippen LogP contribution is -2.25. The summed E-state index contributed by atoms with van der Waals surface area (Å²) in [7, 11) is -4.28. The van der Waals surface area contributed by atoms with Gasteiger partial charge in [0.25, 0.3) is 16.0 Å². The van der Waals surface area contributed by atoms with Gasteiger partial charge >= 0.3 is 6.18 Å². The SMILES string of the molecule is O=C(NCCCC(F)(F)F)c1ccc(/N=N/c2ccc(S(=O)(=O)O)cc2)cc1. The first-order valence-electron chi connectivity index (χ1n) is 7.99. The highest BCUT2D eigenvalue weighted by atomic mass is 32.2. The second kappa shape index (κ2) is 8.93. The van der Waals surface area contributed by atoms with Gasteiger partial charge in [-0.15, -0.1) is 0 Å². The highest BCUT2D eigenvalue weighted by Gasteiger charge is 2.26. The van der Waals surface area contributed by atoms with Crippen molar-refractivity contribution in [3.63, 3.8) is 0 Å². The molecule has 2 aromatic rings. The second-order valence-electron chi connectivity index (χ2n) is 5.69. The second-order valence-corrected chi connectivity index (χ2v) is 7.11. The van der Waals surface area contributed by atoms with Crippen molar-refractivity contribution in [1.29, 1.82) is 0 Å². The van der Waals surface area contributed by atoms with E-state index in [4.69, 9.17) is 4.55 Å². The molecule has 0 aliphatic heterocycles. The summed E-state index contributed by atoms with van der Waals surface area (Å²) in [6.45, 7) is -0.0840. The van der Waals surface area contributed by atoms with Gasteiger partial charge in [-0.2, -0.15) is 31.8 Å². The third-order valence-electron chi connectivity index (χ3n) is 3.47. The zero-order valence-electron chi connectivity index (χ0n) is 14.3. The van der Waals surface area contributed by atoms with E-state index in [9.17, 15) is 26.4 Å². The number of benzene rings is 2. The normalized spacial score (nSPS) is 12.3. The molecule has 28 heavy (non-hydrogen) atoms. The Kier molecular flexibility index (Phi) is 6.86. The minimum Gasteiger partial charge on any atom is -0.352 e. The van der Waals surface area contributed by atoms with Crippen LogP contribution in [0.1, 0.15) is 23.2 Å². The average molecular weight is 415 g/mol. The number of nitrogens with one attached hydrogen (secondary N) is 1. The molecule has 150 valence electrons. The largest absolute Gasteiger partial charge is 0.389 e. The molecule has 2 N–H and O–H groups in total. The van der Waals surface area contributed by atoms with Gasteiger partial charge in [-0.1, -0.05) is 0 Å². The van der Waals surface area contributed by atoms with Crippen molar-refractivity contribution in [2.75, 3.05) is 6.54 Å². The summed E-state index contributed by atoms with van der Waals surface area (Å²) in [4.78, 5) is 11.6. The fraction of sp³-hybridized carbons (Fsp3) is 0.235. The molecule has 0 radical (unpaired) electrons. The van der Waals surface area contributed by atoms with Crippen LogP contribution >= 0.6 is 0 Å². The molecular formula is C17H16F3N3O4S. The molecule has 11 heteroatoms. The molecule has 0 saturated heterocycles. The van der Waals surface area contributed by atoms with Crippen LogP contribution in [0.5, 0.6) is 0 Å². The first kappa shape index (κ1) is 21.5. The van der Waals surface area contributed by atoms with Gasteiger partial charge in [-0.25, -0.2) is 0 Å². The van der Waals surface area contributed by atoms with E-state index in [2.05, 4.69) is 15.5 Å². The third-order valence-corrected chi connectivity index (χ3v) is 4.34. The van der Waals surface area contributed by atoms with Gasteiger partial charge in [0, 0.05) is 18.5 Å². The summed E-state index contributed by atoms with van der Waals surface area (Å²) < 4.78 is 66.9. The van der Waals surface area contributed by atoms with E-state index in [1.807, 2.05) is 0 Å². The number of carbonyl (C=O) groups excluding carboxylic acids is 1. The summed E-state index contributed by atoms with van der Waals surface area (Å²) in [6, 6.07) is 11.0. The summed E-state index contributed by atoms with van der Waals surface area (Å²) in [5.41, 5.74) is 1.02. The van der Waals surface area contributed by atoms with Crippen molar-refractivity contribution in [3.8, 4) is 0 Å². The summed E-state index contributed by atoms with van der Waals surface area (Å²) in [5, 5.41) is 10.2. The van der Waals surface area contributed by atoms with E-state index in [0.717, 1.165) is 0 Å². The lowest BCUT2D eigenvalue weighted by atomic mass is 10.2. The van der Waals surface area contributed by atoms with E-state index in [1.54, 1.807) is 0 Å². The molecule has 0 aromatic heterocycles. The van der Waals surface area contributed by atoms with Crippen LogP contribution in [0.2, 0.25) is 0 Å². The fourth-order valence-electron chi connectivity index (χ4n) is 2.07. The lowest BCUT2D eigenvalue weighted by Gasteiger charge is -2.07. The molecule has 0 spiro atoms. The van der Waals surface area contributed by atoms with Crippen molar-refractivity contribution in [2.45, 2.75) is 23.9 Å². The number of rotatable bonds is 7. The average Bonchev–Trinajstić information content (AvgIpc) is 2.62. The van der Waals surface area contributed by atoms with Crippen molar-refractivity contribution >= 4 is 27.4 Å². The van der Waals surface area contributed by atoms with Crippen LogP contribution in [0.15, 0.2) is 63.7 Å². The first-order chi connectivity index (χ1) is 13.0. The predicted octanol–water partition coefficient (Wildman–Crippen LogP) is 4.42. The third kappa shape index (κ3) is 7.08. The number of azo groups is 1. The molecule has 0 bridgehead atoms. The smallest absolute Gasteiger partial charge is 0.352 e. The Morgan fingerprint density at radius 2 is 1.46 bits per heavy atom. The van der Waals surface area contributed by atoms with Gasteiger partial charge < -0.3 is 5.32 Å². The van der Waals surface area contributed by atoms with E-state index in [-0.39, 0.29) is 23.4 Å². The van der Waals surface area contributed by atoms with Crippen molar-refractivity contribution in [2.24, 2.45) is 10.2 Å². The van der Waals surface area contributed by atoms with Crippen LogP contribution in [-0.2, 0) is 10.1 Å². The van der Waals surface area contributed by atoms with E-state index >= 15 is 0 Å². The number of nitrogens with zero attached hydrogens (tertiary/aromatic N) is 2. The lowest BCUT2D eigenvalue weighted by molar-refractivity contribution is -0.135. The van der Waals surface area contributed by atoms with E-state index in [1.165, 1.54) is 48.5 Å². The van der Waals surface area contributed by atoms with E-state index < -0.39 is 28.6 Å². The van der Waals surface area contributed by atoms with Crippen LogP contribution in [0.25, 0.3) is 0 Å². The Bertz CT molecular complexity index is 941. The Balaban J connectivity index is 1.91. The Labute approximate surface area is 159 Å². The first-order valence-corrected chi connectivity index (χ1v) is 9.43. The highest BCUT2D eigenvalue weighted by molar-refractivity contribution is 7.85. The van der Waals surface area contributed by atoms with Gasteiger partial charge in [-0.3, -0.25) is 9.35 Å². The number of hydrogen-bond acceptors (Lipinski definition) is 5. The van der Waals surface area contributed by atoms with Crippen LogP contribution in [0.3, 0.4) is 0 Å². The van der Waals surface area contributed by atoms with E-state index in [0.29, 0.717) is 11.4 Å². The van der Waals surface area contributed by atoms with Crippen molar-refractivity contribution in [3.05, 3.63) is 54.1 Å². The fourth-order valence-corrected chi connectivity index (χ4v) is 2.55. The predicted molar refractivity (Wildman–Crippen MR) is 94.5 cm³/mol. The molecule has 0 atom stereocenters. The molecule has 1 amide bonds. The molecule has 2 aromatic carbocycles. The minimum absolute atomic E-state index is 0.0840. The standard InChI is InChI=1S/C17H16F3N3O4S/c18-17(19,20)10-1-11-21-16(24)12-2-4-13(5-3-12)22-23-14-6-8-15(9-7-14)28(25,26)27/h2-9H,1,10-11H2,(H,21,24)(H,25,26,27)/b23-22+. The maximum atomic E-state index is 12.0. The Morgan fingerprint density at radius 3 is 1.93 bits per heavy atom. The number of hydrogen-bond donors (Lipinski definition) is 2. The van der Waals surface area contributed by atoms with Gasteiger partial charge in [-0.05, 0) is 55.0 Å². The zero-order chi connectivity index (χ0) is 20.8. The quantitative estimate of drug-likeness (QED) is 0.396. The minimum atomic E-state index is -4.28. The maximum Gasteiger partial charge on any atom is 0.389 e. The van der Waals surface area contributed by atoms with Crippen molar-refractivity contribution in [1.82, 2.24) is 5.32 Å². The molecule has 0 unspecified atom stereocenters. The summed E-state index contributed by atoms with van der Waals surface area (Å²) in [6.07, 6.45) is -5.40. The highest BCUT2D eigenvalue weighted by Crippen LogP contribution is 2.22. The van der Waals surface area contributed by atoms with Crippen LogP contribution in [0.4, 0.5) is 24.5 Å². The molecule has 0 aliphatic carbocycles. The monoisotopic (exact) mass is 415 g/mol. The van der Waals surface area contributed by atoms with Gasteiger partial charge in [0.15, 0.2) is 0 Å². The van der Waals surface area contributed by atoms with Crippen LogP contribution in [0, 0.1) is 0 Å². The van der Waals surface area contributed by atoms with Gasteiger partial charge in [0.1, 0.15) is 0 Å². The molecule has 2 rings (SSSR count). The zero-order valence-corrected chi connectivity index (χ0v) is 15.2. The number of halogens is 3. The van der Waals surface area contributed by atoms with Gasteiger partial charge in [0.05, 0.1) is 16.3 Å². The van der Waals surface area contributed by atoms with Crippen molar-refractivity contribution < 1.29 is 30.9 Å². The van der Waals surface area contributed by atoms with Crippen LogP contribution in [-0.4, -0.2) is 31.6 Å². The summed E-state index contributed by atoms with van der Waals surface area (Å²) >= 11 is 0. The molecule has 0 saturated carbocycles. The molecule has 0 heterocycles. The Morgan fingerprint density at radius 1 is 0.964 bits per heavy atom. The number of amides is 1. The molecular weight excluding hydrogens is 399 g/mol. The van der Waals surface area contributed by atoms with Gasteiger partial charge in [0.2, 0.25) is 0 Å². The molecule has 0 fully saturated rings. The maximum absolute atomic E-state index is 12.0. The molecule has 7 nitrogen and oxygen atoms in total. The topological polar surface area (TPSA) is 108 Å². The number of alkyl halides is 3. The summed E-state index contributed by atoms with van der Waals surface area (Å²) in [5.74, 6) is -0.494. The Hall–Kier alpha value is -2.79. The number of carbonyl (C=O) groups is 1. The van der Waals surface area contributed by atoms with Crippen LogP contribution < -0.4 is 5.32 Å². The molecule has 0 aliphatic rings.